The molecule has 0 rings (SSSR count). The molecule has 3 nitrogen and oxygen atoms in total. The average molecular weight is 182 g/mol. The zero-order chi connectivity index (χ0) is 9.78. The van der Waals surface area contributed by atoms with Crippen LogP contribution in [0.15, 0.2) is 5.11 Å². The Balaban J connectivity index is 2.87. The van der Waals surface area contributed by atoms with Crippen molar-refractivity contribution in [3.63, 3.8) is 0 Å². The lowest BCUT2D eigenvalue weighted by atomic mass is 10.1. The summed E-state index contributed by atoms with van der Waals surface area (Å²) in [6.45, 7) is 3.89. The molecule has 0 spiro atoms. The number of azide groups is 1. The van der Waals surface area contributed by atoms with Gasteiger partial charge in [0.1, 0.15) is 0 Å². The minimum atomic E-state index is 0.928. The van der Waals surface area contributed by atoms with Gasteiger partial charge in [-0.1, -0.05) is 57.0 Å². The predicted molar refractivity (Wildman–Crippen MR) is 56.1 cm³/mol. The van der Waals surface area contributed by atoms with E-state index in [0.29, 0.717) is 0 Å². The van der Waals surface area contributed by atoms with Gasteiger partial charge >= 0.3 is 0 Å². The highest BCUT2D eigenvalue weighted by atomic mass is 15.1. The van der Waals surface area contributed by atoms with Gasteiger partial charge < -0.3 is 0 Å². The van der Waals surface area contributed by atoms with Gasteiger partial charge in [-0.2, -0.15) is 0 Å². The Kier molecular flexibility index (Phi) is 10.7. The Labute approximate surface area is 81.2 Å². The molecule has 13 heavy (non-hydrogen) atoms. The van der Waals surface area contributed by atoms with Gasteiger partial charge in [0.05, 0.1) is 0 Å². The second-order valence-electron chi connectivity index (χ2n) is 3.30. The summed E-state index contributed by atoms with van der Waals surface area (Å²) in [5.41, 5.74) is 7.99. The molecule has 0 unspecified atom stereocenters. The van der Waals surface area contributed by atoms with E-state index in [4.69, 9.17) is 5.53 Å². The van der Waals surface area contributed by atoms with E-state index >= 15 is 0 Å². The van der Waals surface area contributed by atoms with Gasteiger partial charge in [0, 0.05) is 11.5 Å². The van der Waals surface area contributed by atoms with Gasteiger partial charge in [0.2, 0.25) is 0 Å². The summed E-state index contributed by atoms with van der Waals surface area (Å²) in [5, 5.41) is 3.37. The fourth-order valence-corrected chi connectivity index (χ4v) is 1.29. The third kappa shape index (κ3) is 11.3. The molecule has 0 aliphatic rings. The van der Waals surface area contributed by atoms with Crippen molar-refractivity contribution < 1.29 is 0 Å². The zero-order valence-electron chi connectivity index (χ0n) is 8.58. The Morgan fingerprint density at radius 1 is 1.08 bits per heavy atom. The molecule has 0 saturated heterocycles. The van der Waals surface area contributed by atoms with Crippen molar-refractivity contribution in [2.45, 2.75) is 58.3 Å². The molecule has 0 aromatic rings. The molecule has 0 aliphatic heterocycles. The third-order valence-electron chi connectivity index (χ3n) is 2.07. The fourth-order valence-electron chi connectivity index (χ4n) is 1.29. The lowest BCUT2D eigenvalue weighted by molar-refractivity contribution is 0.587. The molecule has 75 valence electrons. The van der Waals surface area contributed by atoms with Crippen molar-refractivity contribution >= 4 is 0 Å². The summed E-state index contributed by atoms with van der Waals surface area (Å²) >= 11 is 0. The monoisotopic (exact) mass is 182 g/mol. The lowest BCUT2D eigenvalue weighted by Crippen LogP contribution is -1.79. The first kappa shape index (κ1) is 12.3. The van der Waals surface area contributed by atoms with Gasteiger partial charge in [0.25, 0.3) is 0 Å². The quantitative estimate of drug-likeness (QED) is 0.216. The highest BCUT2D eigenvalue weighted by Gasteiger charge is 1.90. The van der Waals surface area contributed by atoms with Crippen LogP contribution in [0.3, 0.4) is 0 Å². The van der Waals surface area contributed by atoms with Crippen LogP contribution < -0.4 is 0 Å². The summed E-state index contributed by atoms with van der Waals surface area (Å²) in [7, 11) is 0. The summed E-state index contributed by atoms with van der Waals surface area (Å²) in [6.07, 6.45) is 10.1. The number of rotatable bonds is 9. The topological polar surface area (TPSA) is 48.8 Å². The van der Waals surface area contributed by atoms with Crippen molar-refractivity contribution in [2.24, 2.45) is 5.11 Å². The Morgan fingerprint density at radius 2 is 1.69 bits per heavy atom. The summed E-state index contributed by atoms with van der Waals surface area (Å²) in [6, 6.07) is 0. The first-order chi connectivity index (χ1) is 6.41. The number of hydrogen-bond acceptors (Lipinski definition) is 1. The van der Waals surface area contributed by atoms with Crippen molar-refractivity contribution in [3.8, 4) is 0 Å². The highest BCUT2D eigenvalue weighted by molar-refractivity contribution is 4.61. The van der Waals surface area contributed by atoms with E-state index in [2.05, 4.69) is 16.9 Å². The number of hydrogen-bond donors (Lipinski definition) is 0. The van der Waals surface area contributed by atoms with Crippen LogP contribution in [-0.2, 0) is 0 Å². The molecule has 0 saturated carbocycles. The van der Waals surface area contributed by atoms with Gasteiger partial charge in [-0.3, -0.25) is 0 Å². The maximum Gasteiger partial charge on any atom is 0.0458 e. The van der Waals surface area contributed by atoms with Crippen LogP contribution in [0.2, 0.25) is 0 Å². The maximum atomic E-state index is 7.99. The SMILES string of the molecule is CCCCCCCCC[CH]N=[N+]=[N-]. The van der Waals surface area contributed by atoms with Crippen LogP contribution in [0, 0.1) is 6.54 Å². The number of unbranched alkanes of at least 4 members (excludes halogenated alkanes) is 7. The predicted octanol–water partition coefficient (Wildman–Crippen LogP) is 4.60. The Bertz CT molecular complexity index is 139. The van der Waals surface area contributed by atoms with Crippen LogP contribution >= 0.6 is 0 Å². The number of nitrogens with zero attached hydrogens (tertiary/aromatic N) is 3. The molecule has 0 atom stereocenters. The van der Waals surface area contributed by atoms with Crippen molar-refractivity contribution in [1.29, 1.82) is 0 Å². The normalized spacial score (nSPS) is 9.62. The van der Waals surface area contributed by atoms with Gasteiger partial charge in [0.15, 0.2) is 0 Å². The first-order valence-corrected chi connectivity index (χ1v) is 5.27. The molecule has 0 N–H and O–H groups in total. The summed E-state index contributed by atoms with van der Waals surface area (Å²) in [5.74, 6) is 0. The van der Waals surface area contributed by atoms with Crippen molar-refractivity contribution in [2.75, 3.05) is 0 Å². The fraction of sp³-hybridized carbons (Fsp3) is 0.900. The molecule has 0 fully saturated rings. The van der Waals surface area contributed by atoms with E-state index in [1.807, 2.05) is 0 Å². The molecule has 0 aromatic carbocycles. The first-order valence-electron chi connectivity index (χ1n) is 5.27. The van der Waals surface area contributed by atoms with E-state index < -0.39 is 0 Å². The minimum Gasteiger partial charge on any atom is -0.0902 e. The summed E-state index contributed by atoms with van der Waals surface area (Å²) < 4.78 is 0. The van der Waals surface area contributed by atoms with E-state index in [0.717, 1.165) is 12.8 Å². The molecule has 1 radical (unpaired) electrons. The average Bonchev–Trinajstić information content (AvgIpc) is 2.16. The Morgan fingerprint density at radius 3 is 2.31 bits per heavy atom. The third-order valence-corrected chi connectivity index (χ3v) is 2.07. The Hall–Kier alpha value is -0.690. The van der Waals surface area contributed by atoms with Gasteiger partial charge in [-0.15, -0.1) is 0 Å². The van der Waals surface area contributed by atoms with Crippen LogP contribution in [0.25, 0.3) is 10.4 Å². The molecule has 3 heteroatoms. The smallest absolute Gasteiger partial charge is 0.0458 e. The van der Waals surface area contributed by atoms with Gasteiger partial charge in [-0.25, -0.2) is 0 Å². The van der Waals surface area contributed by atoms with Crippen molar-refractivity contribution in [1.82, 2.24) is 0 Å². The van der Waals surface area contributed by atoms with E-state index in [1.54, 1.807) is 6.54 Å². The van der Waals surface area contributed by atoms with E-state index in [1.165, 1.54) is 38.5 Å². The molecule has 0 aromatic heterocycles. The molecule has 0 aliphatic carbocycles. The molecular weight excluding hydrogens is 162 g/mol. The second-order valence-corrected chi connectivity index (χ2v) is 3.30. The van der Waals surface area contributed by atoms with Crippen LogP contribution in [0.4, 0.5) is 0 Å². The second kappa shape index (κ2) is 11.3. The molecule has 0 heterocycles. The largest absolute Gasteiger partial charge is 0.0902 e. The van der Waals surface area contributed by atoms with Crippen LogP contribution in [-0.4, -0.2) is 0 Å². The van der Waals surface area contributed by atoms with Crippen LogP contribution in [0.5, 0.6) is 0 Å². The zero-order valence-corrected chi connectivity index (χ0v) is 8.58. The molecule has 0 bridgehead atoms. The standard InChI is InChI=1S/C10H20N3/c1-2-3-4-5-6-7-8-9-10-12-13-11/h10H,2-9H2,1H3. The molecule has 0 amide bonds. The van der Waals surface area contributed by atoms with E-state index in [9.17, 15) is 0 Å². The molecular formula is C10H20N3. The van der Waals surface area contributed by atoms with Crippen LogP contribution in [0.1, 0.15) is 58.3 Å². The maximum absolute atomic E-state index is 7.99. The van der Waals surface area contributed by atoms with Crippen molar-refractivity contribution in [3.05, 3.63) is 17.0 Å². The lowest BCUT2D eigenvalue weighted by Gasteiger charge is -1.98. The highest BCUT2D eigenvalue weighted by Crippen LogP contribution is 2.09. The minimum absolute atomic E-state index is 0.928. The van der Waals surface area contributed by atoms with E-state index in [-0.39, 0.29) is 0 Å². The summed E-state index contributed by atoms with van der Waals surface area (Å²) in [4.78, 5) is 2.66. The van der Waals surface area contributed by atoms with Gasteiger partial charge in [-0.05, 0) is 12.0 Å².